The molecule has 3 unspecified atom stereocenters. The zero-order valence-corrected chi connectivity index (χ0v) is 15.9. The molecule has 0 aliphatic heterocycles. The van der Waals surface area contributed by atoms with E-state index < -0.39 is 23.8 Å². The number of hydrogen-bond acceptors (Lipinski definition) is 3. The average molecular weight is 408 g/mol. The molecular formula is C20H20ClF2N3O2. The number of benzene rings is 1. The highest BCUT2D eigenvalue weighted by molar-refractivity contribution is 6.33. The van der Waals surface area contributed by atoms with Gasteiger partial charge in [0.2, 0.25) is 5.91 Å². The molecule has 1 aromatic carbocycles. The summed E-state index contributed by atoms with van der Waals surface area (Å²) < 4.78 is 27.4. The van der Waals surface area contributed by atoms with Crippen molar-refractivity contribution < 1.29 is 18.3 Å². The van der Waals surface area contributed by atoms with Crippen LogP contribution >= 0.6 is 11.6 Å². The number of carbonyl (C=O) groups is 1. The summed E-state index contributed by atoms with van der Waals surface area (Å²) >= 11 is 6.22. The Hall–Kier alpha value is -2.25. The first kappa shape index (κ1) is 19.1. The molecule has 28 heavy (non-hydrogen) atoms. The first-order valence-electron chi connectivity index (χ1n) is 9.13. The van der Waals surface area contributed by atoms with Gasteiger partial charge < -0.3 is 16.3 Å². The van der Waals surface area contributed by atoms with Crippen LogP contribution in [0.25, 0.3) is 11.1 Å². The third-order valence-corrected chi connectivity index (χ3v) is 6.33. The molecule has 5 nitrogen and oxygen atoms in total. The Morgan fingerprint density at radius 2 is 1.89 bits per heavy atom. The van der Waals surface area contributed by atoms with E-state index in [0.29, 0.717) is 34.8 Å². The van der Waals surface area contributed by atoms with Crippen molar-refractivity contribution in [2.24, 2.45) is 23.5 Å². The number of hydrogen-bond donors (Lipinski definition) is 2. The van der Waals surface area contributed by atoms with Gasteiger partial charge in [0.1, 0.15) is 0 Å². The van der Waals surface area contributed by atoms with Gasteiger partial charge in [0, 0.05) is 30.5 Å². The van der Waals surface area contributed by atoms with Gasteiger partial charge in [0.15, 0.2) is 11.9 Å². The average Bonchev–Trinajstić information content (AvgIpc) is 3.01. The number of fused-ring (bicyclic) bond motifs is 1. The summed E-state index contributed by atoms with van der Waals surface area (Å²) in [5, 5.41) is 15.0. The summed E-state index contributed by atoms with van der Waals surface area (Å²) in [6, 6.07) is 7.60. The Kier molecular flexibility index (Phi) is 4.55. The SMILES string of the molecule is Cc1c(-c2ccc(NC(=O)C(N)C3CC4C(C3)C4(F)F)cc2)c(Cl)cc[n+]1[O-]. The van der Waals surface area contributed by atoms with Crippen molar-refractivity contribution in [1.29, 1.82) is 0 Å². The van der Waals surface area contributed by atoms with Gasteiger partial charge >= 0.3 is 0 Å². The van der Waals surface area contributed by atoms with Gasteiger partial charge in [0.25, 0.3) is 5.92 Å². The van der Waals surface area contributed by atoms with Crippen LogP contribution in [0.3, 0.4) is 0 Å². The van der Waals surface area contributed by atoms with E-state index in [1.54, 1.807) is 31.2 Å². The highest BCUT2D eigenvalue weighted by Gasteiger charge is 2.72. The highest BCUT2D eigenvalue weighted by Crippen LogP contribution is 2.66. The molecule has 0 radical (unpaired) electrons. The summed E-state index contributed by atoms with van der Waals surface area (Å²) in [6.07, 6.45) is 1.94. The fraction of sp³-hybridized carbons (Fsp3) is 0.400. The second kappa shape index (κ2) is 6.67. The minimum atomic E-state index is -2.57. The minimum absolute atomic E-state index is 0.216. The fourth-order valence-electron chi connectivity index (χ4n) is 4.26. The van der Waals surface area contributed by atoms with Crippen molar-refractivity contribution in [3.63, 3.8) is 0 Å². The number of pyridine rings is 1. The lowest BCUT2D eigenvalue weighted by atomic mass is 9.94. The van der Waals surface area contributed by atoms with Crippen molar-refractivity contribution in [2.45, 2.75) is 31.7 Å². The maximum atomic E-state index is 13.3. The van der Waals surface area contributed by atoms with Crippen molar-refractivity contribution in [2.75, 3.05) is 5.32 Å². The Labute approximate surface area is 166 Å². The number of carbonyl (C=O) groups excluding carboxylic acids is 1. The van der Waals surface area contributed by atoms with Gasteiger partial charge in [-0.2, -0.15) is 4.73 Å². The first-order chi connectivity index (χ1) is 13.2. The molecule has 148 valence electrons. The van der Waals surface area contributed by atoms with Gasteiger partial charge in [-0.1, -0.05) is 23.7 Å². The van der Waals surface area contributed by atoms with E-state index in [9.17, 15) is 18.8 Å². The molecule has 3 N–H and O–H groups in total. The third kappa shape index (κ3) is 3.12. The second-order valence-corrected chi connectivity index (χ2v) is 8.07. The van der Waals surface area contributed by atoms with Crippen LogP contribution in [0.5, 0.6) is 0 Å². The molecule has 8 heteroatoms. The van der Waals surface area contributed by atoms with Crippen molar-refractivity contribution in [1.82, 2.24) is 0 Å². The summed E-state index contributed by atoms with van der Waals surface area (Å²) in [7, 11) is 0. The van der Waals surface area contributed by atoms with E-state index in [1.807, 2.05) is 0 Å². The van der Waals surface area contributed by atoms with Crippen LogP contribution in [0.1, 0.15) is 18.5 Å². The first-order valence-corrected chi connectivity index (χ1v) is 9.51. The molecule has 2 saturated carbocycles. The Balaban J connectivity index is 1.43. The molecule has 2 fully saturated rings. The fourth-order valence-corrected chi connectivity index (χ4v) is 4.57. The quantitative estimate of drug-likeness (QED) is 0.601. The van der Waals surface area contributed by atoms with E-state index in [-0.39, 0.29) is 11.8 Å². The largest absolute Gasteiger partial charge is 0.618 e. The molecule has 2 aliphatic carbocycles. The van der Waals surface area contributed by atoms with Gasteiger partial charge in [-0.15, -0.1) is 0 Å². The number of aromatic nitrogens is 1. The monoisotopic (exact) mass is 407 g/mol. The van der Waals surface area contributed by atoms with Crippen LogP contribution in [0.4, 0.5) is 14.5 Å². The normalized spacial score (nSPS) is 25.8. The van der Waals surface area contributed by atoms with E-state index in [2.05, 4.69) is 5.32 Å². The Morgan fingerprint density at radius 3 is 2.50 bits per heavy atom. The van der Waals surface area contributed by atoms with Crippen LogP contribution in [-0.2, 0) is 4.79 Å². The van der Waals surface area contributed by atoms with Gasteiger partial charge in [-0.3, -0.25) is 4.79 Å². The maximum Gasteiger partial charge on any atom is 0.254 e. The predicted octanol–water partition coefficient (Wildman–Crippen LogP) is 3.51. The van der Waals surface area contributed by atoms with Crippen molar-refractivity contribution in [3.8, 4) is 11.1 Å². The van der Waals surface area contributed by atoms with E-state index in [0.717, 1.165) is 10.3 Å². The maximum absolute atomic E-state index is 13.3. The number of nitrogens with zero attached hydrogens (tertiary/aromatic N) is 1. The summed E-state index contributed by atoms with van der Waals surface area (Å²) in [6.45, 7) is 1.68. The van der Waals surface area contributed by atoms with Crippen LogP contribution in [-0.4, -0.2) is 17.9 Å². The number of nitrogens with two attached hydrogens (primary N) is 1. The second-order valence-electron chi connectivity index (χ2n) is 7.66. The third-order valence-electron chi connectivity index (χ3n) is 6.02. The van der Waals surface area contributed by atoms with E-state index in [1.165, 1.54) is 12.3 Å². The number of amides is 1. The van der Waals surface area contributed by atoms with Crippen molar-refractivity contribution in [3.05, 3.63) is 52.5 Å². The van der Waals surface area contributed by atoms with Crippen LogP contribution in [0, 0.1) is 29.9 Å². The molecule has 1 aromatic heterocycles. The Bertz CT molecular complexity index is 922. The molecule has 1 amide bonds. The topological polar surface area (TPSA) is 82.1 Å². The lowest BCUT2D eigenvalue weighted by molar-refractivity contribution is -0.611. The Morgan fingerprint density at radius 1 is 1.29 bits per heavy atom. The van der Waals surface area contributed by atoms with E-state index in [4.69, 9.17) is 17.3 Å². The van der Waals surface area contributed by atoms with E-state index >= 15 is 0 Å². The van der Waals surface area contributed by atoms with Gasteiger partial charge in [0.05, 0.1) is 16.6 Å². The predicted molar refractivity (Wildman–Crippen MR) is 102 cm³/mol. The van der Waals surface area contributed by atoms with Crippen molar-refractivity contribution >= 4 is 23.2 Å². The van der Waals surface area contributed by atoms with Gasteiger partial charge in [-0.05, 0) is 36.5 Å². The summed E-state index contributed by atoms with van der Waals surface area (Å²) in [4.78, 5) is 12.4. The molecule has 1 heterocycles. The molecule has 0 saturated heterocycles. The zero-order chi connectivity index (χ0) is 20.2. The molecule has 0 spiro atoms. The lowest BCUT2D eigenvalue weighted by Crippen LogP contribution is -2.42. The summed E-state index contributed by atoms with van der Waals surface area (Å²) in [5.41, 5.74) is 8.39. The molecule has 2 aliphatic rings. The highest BCUT2D eigenvalue weighted by atomic mass is 35.5. The zero-order valence-electron chi connectivity index (χ0n) is 15.2. The molecule has 2 aromatic rings. The van der Waals surface area contributed by atoms with Crippen LogP contribution < -0.4 is 15.8 Å². The number of alkyl halides is 2. The minimum Gasteiger partial charge on any atom is -0.618 e. The molecule has 3 atom stereocenters. The number of rotatable bonds is 4. The van der Waals surface area contributed by atoms with Crippen LogP contribution in [0.2, 0.25) is 5.02 Å². The molecule has 0 bridgehead atoms. The number of nitrogens with one attached hydrogen (secondary N) is 1. The van der Waals surface area contributed by atoms with Crippen LogP contribution in [0.15, 0.2) is 36.5 Å². The number of anilines is 1. The lowest BCUT2D eigenvalue weighted by Gasteiger charge is -2.21. The standard InChI is InChI=1S/C20H20ClF2N3O2/c1-10-17(16(21)6-7-26(10)28)11-2-4-13(5-3-11)25-19(27)18(24)12-8-14-15(9-12)20(14,22)23/h2-7,12,14-15,18H,8-9,24H2,1H3,(H,25,27). The molecule has 4 rings (SSSR count). The number of halogens is 3. The molecular weight excluding hydrogens is 388 g/mol. The van der Waals surface area contributed by atoms with Gasteiger partial charge in [-0.25, -0.2) is 8.78 Å². The smallest absolute Gasteiger partial charge is 0.254 e. The summed E-state index contributed by atoms with van der Waals surface area (Å²) in [5.74, 6) is -4.39.